The number of nitrogens with zero attached hydrogens (tertiary/aromatic N) is 1. The van der Waals surface area contributed by atoms with E-state index in [4.69, 9.17) is 0 Å². The van der Waals surface area contributed by atoms with E-state index in [1.165, 1.54) is 0 Å². The van der Waals surface area contributed by atoms with Crippen molar-refractivity contribution in [1.29, 1.82) is 0 Å². The second-order valence-electron chi connectivity index (χ2n) is 4.41. The lowest BCUT2D eigenvalue weighted by atomic mass is 10.1. The molecule has 18 heavy (non-hydrogen) atoms. The van der Waals surface area contributed by atoms with Crippen LogP contribution in [0.1, 0.15) is 18.5 Å². The van der Waals surface area contributed by atoms with Crippen molar-refractivity contribution in [2.24, 2.45) is 0 Å². The summed E-state index contributed by atoms with van der Waals surface area (Å²) < 4.78 is 28.8. The average molecular weight is 256 g/mol. The van der Waals surface area contributed by atoms with Crippen LogP contribution in [-0.4, -0.2) is 37.7 Å². The van der Waals surface area contributed by atoms with E-state index in [9.17, 15) is 8.78 Å². The number of rotatable bonds is 4. The van der Waals surface area contributed by atoms with Crippen molar-refractivity contribution in [3.8, 4) is 5.75 Å². The Morgan fingerprint density at radius 2 is 2.00 bits per heavy atom. The number of alkyl halides is 2. The number of ether oxygens (including phenoxy) is 1. The van der Waals surface area contributed by atoms with Gasteiger partial charge in [-0.05, 0) is 24.6 Å². The zero-order valence-electron chi connectivity index (χ0n) is 10.4. The van der Waals surface area contributed by atoms with E-state index >= 15 is 0 Å². The average Bonchev–Trinajstić information content (AvgIpc) is 2.38. The highest BCUT2D eigenvalue weighted by Gasteiger charge is 2.18. The molecule has 1 aliphatic rings. The maximum atomic E-state index is 12.2. The molecule has 1 aromatic carbocycles. The molecule has 2 rings (SSSR count). The fourth-order valence-corrected chi connectivity index (χ4v) is 2.23. The summed E-state index contributed by atoms with van der Waals surface area (Å²) in [6.07, 6.45) is 0. The second-order valence-corrected chi connectivity index (χ2v) is 4.41. The molecule has 5 heteroatoms. The van der Waals surface area contributed by atoms with Crippen LogP contribution in [0.5, 0.6) is 5.75 Å². The van der Waals surface area contributed by atoms with E-state index < -0.39 is 6.61 Å². The van der Waals surface area contributed by atoms with Gasteiger partial charge in [0.1, 0.15) is 5.75 Å². The van der Waals surface area contributed by atoms with Crippen molar-refractivity contribution in [3.05, 3.63) is 29.8 Å². The smallest absolute Gasteiger partial charge is 0.387 e. The van der Waals surface area contributed by atoms with E-state index in [0.717, 1.165) is 31.7 Å². The minimum atomic E-state index is -2.77. The van der Waals surface area contributed by atoms with Crippen LogP contribution in [0.3, 0.4) is 0 Å². The van der Waals surface area contributed by atoms with Crippen LogP contribution in [-0.2, 0) is 0 Å². The van der Waals surface area contributed by atoms with Crippen molar-refractivity contribution in [3.63, 3.8) is 0 Å². The van der Waals surface area contributed by atoms with Crippen molar-refractivity contribution in [1.82, 2.24) is 10.2 Å². The molecule has 100 valence electrons. The Bertz CT molecular complexity index is 381. The van der Waals surface area contributed by atoms with Crippen LogP contribution in [0, 0.1) is 0 Å². The first-order valence-electron chi connectivity index (χ1n) is 6.16. The summed E-state index contributed by atoms with van der Waals surface area (Å²) in [5.41, 5.74) is 1.01. The Kier molecular flexibility index (Phi) is 4.49. The number of nitrogens with one attached hydrogen (secondary N) is 1. The number of halogens is 2. The molecule has 1 heterocycles. The number of hydrogen-bond acceptors (Lipinski definition) is 3. The van der Waals surface area contributed by atoms with Crippen molar-refractivity contribution in [2.75, 3.05) is 26.2 Å². The normalized spacial score (nSPS) is 18.9. The van der Waals surface area contributed by atoms with Gasteiger partial charge in [0.25, 0.3) is 0 Å². The molecule has 1 fully saturated rings. The zero-order valence-corrected chi connectivity index (χ0v) is 10.4. The van der Waals surface area contributed by atoms with Crippen LogP contribution in [0.4, 0.5) is 8.78 Å². The first kappa shape index (κ1) is 13.2. The fourth-order valence-electron chi connectivity index (χ4n) is 2.23. The molecule has 0 saturated carbocycles. The summed E-state index contributed by atoms with van der Waals surface area (Å²) in [5.74, 6) is 0.226. The van der Waals surface area contributed by atoms with Gasteiger partial charge in [0.15, 0.2) is 0 Å². The largest absolute Gasteiger partial charge is 0.435 e. The Morgan fingerprint density at radius 3 is 2.67 bits per heavy atom. The maximum absolute atomic E-state index is 12.2. The molecule has 0 aromatic heterocycles. The molecule has 0 aliphatic carbocycles. The summed E-state index contributed by atoms with van der Waals surface area (Å²) in [4.78, 5) is 2.33. The van der Waals surface area contributed by atoms with Gasteiger partial charge in [-0.1, -0.05) is 12.1 Å². The van der Waals surface area contributed by atoms with Gasteiger partial charge in [-0.3, -0.25) is 4.90 Å². The summed E-state index contributed by atoms with van der Waals surface area (Å²) >= 11 is 0. The Balaban J connectivity index is 2.06. The highest BCUT2D eigenvalue weighted by Crippen LogP contribution is 2.24. The Labute approximate surface area is 106 Å². The molecule has 1 saturated heterocycles. The lowest BCUT2D eigenvalue weighted by molar-refractivity contribution is -0.0499. The highest BCUT2D eigenvalue weighted by molar-refractivity contribution is 5.30. The summed E-state index contributed by atoms with van der Waals surface area (Å²) in [7, 11) is 0. The summed E-state index contributed by atoms with van der Waals surface area (Å²) in [5, 5.41) is 3.29. The maximum Gasteiger partial charge on any atom is 0.387 e. The van der Waals surface area contributed by atoms with E-state index in [2.05, 4.69) is 21.9 Å². The highest BCUT2D eigenvalue weighted by atomic mass is 19.3. The number of piperazine rings is 1. The van der Waals surface area contributed by atoms with Crippen LogP contribution in [0.15, 0.2) is 24.3 Å². The lowest BCUT2D eigenvalue weighted by Crippen LogP contribution is -2.44. The molecule has 1 aromatic rings. The van der Waals surface area contributed by atoms with E-state index in [1.54, 1.807) is 18.2 Å². The second kappa shape index (κ2) is 6.11. The first-order valence-corrected chi connectivity index (χ1v) is 6.16. The van der Waals surface area contributed by atoms with Gasteiger partial charge in [0.2, 0.25) is 0 Å². The first-order chi connectivity index (χ1) is 8.66. The molecule has 0 spiro atoms. The van der Waals surface area contributed by atoms with Crippen molar-refractivity contribution >= 4 is 0 Å². The summed E-state index contributed by atoms with van der Waals surface area (Å²) in [6, 6.07) is 7.17. The van der Waals surface area contributed by atoms with Gasteiger partial charge in [0.05, 0.1) is 0 Å². The van der Waals surface area contributed by atoms with Gasteiger partial charge >= 0.3 is 6.61 Å². The van der Waals surface area contributed by atoms with E-state index in [1.807, 2.05) is 6.07 Å². The summed E-state index contributed by atoms with van der Waals surface area (Å²) in [6.45, 7) is 3.21. The molecule has 3 nitrogen and oxygen atoms in total. The molecule has 0 radical (unpaired) electrons. The van der Waals surface area contributed by atoms with Gasteiger partial charge in [-0.25, -0.2) is 0 Å². The molecule has 0 unspecified atom stereocenters. The third kappa shape index (κ3) is 3.40. The molecule has 0 bridgehead atoms. The number of hydrogen-bond donors (Lipinski definition) is 1. The molecular weight excluding hydrogens is 238 g/mol. The van der Waals surface area contributed by atoms with E-state index in [-0.39, 0.29) is 11.8 Å². The SMILES string of the molecule is C[C@H](c1cccc(OC(F)F)c1)N1CCNCC1. The lowest BCUT2D eigenvalue weighted by Gasteiger charge is -2.33. The van der Waals surface area contributed by atoms with Gasteiger partial charge in [-0.2, -0.15) is 8.78 Å². The molecule has 1 N–H and O–H groups in total. The van der Waals surface area contributed by atoms with Crippen LogP contribution in [0.2, 0.25) is 0 Å². The van der Waals surface area contributed by atoms with Crippen molar-refractivity contribution < 1.29 is 13.5 Å². The van der Waals surface area contributed by atoms with Crippen LogP contribution < -0.4 is 10.1 Å². The molecular formula is C13H18F2N2O. The van der Waals surface area contributed by atoms with Crippen LogP contribution in [0.25, 0.3) is 0 Å². The van der Waals surface area contributed by atoms with Gasteiger partial charge < -0.3 is 10.1 Å². The predicted octanol–water partition coefficient (Wildman–Crippen LogP) is 2.25. The van der Waals surface area contributed by atoms with Crippen molar-refractivity contribution in [2.45, 2.75) is 19.6 Å². The van der Waals surface area contributed by atoms with Gasteiger partial charge in [0, 0.05) is 32.2 Å². The topological polar surface area (TPSA) is 24.5 Å². The fraction of sp³-hybridized carbons (Fsp3) is 0.538. The standard InChI is InChI=1S/C13H18F2N2O/c1-10(17-7-5-16-6-8-17)11-3-2-4-12(9-11)18-13(14)15/h2-4,9-10,13,16H,5-8H2,1H3/t10-/m1/s1. The Hall–Kier alpha value is -1.20. The molecule has 1 aliphatic heterocycles. The third-order valence-electron chi connectivity index (χ3n) is 3.26. The monoisotopic (exact) mass is 256 g/mol. The van der Waals surface area contributed by atoms with E-state index in [0.29, 0.717) is 0 Å². The van der Waals surface area contributed by atoms with Gasteiger partial charge in [-0.15, -0.1) is 0 Å². The zero-order chi connectivity index (χ0) is 13.0. The quantitative estimate of drug-likeness (QED) is 0.894. The third-order valence-corrected chi connectivity index (χ3v) is 3.26. The molecule has 1 atom stereocenters. The Morgan fingerprint density at radius 1 is 1.28 bits per heavy atom. The molecule has 0 amide bonds. The number of benzene rings is 1. The minimum absolute atomic E-state index is 0.216. The van der Waals surface area contributed by atoms with Crippen LogP contribution >= 0.6 is 0 Å². The predicted molar refractivity (Wildman–Crippen MR) is 65.9 cm³/mol. The minimum Gasteiger partial charge on any atom is -0.435 e.